The summed E-state index contributed by atoms with van der Waals surface area (Å²) >= 11 is 5.82. The molecule has 2 nitrogen and oxygen atoms in total. The van der Waals surface area contributed by atoms with E-state index in [1.807, 2.05) is 6.92 Å². The largest absolute Gasteiger partial charge is 0.393 e. The van der Waals surface area contributed by atoms with Crippen LogP contribution in [0.2, 0.25) is 5.02 Å². The number of halogens is 2. The first-order chi connectivity index (χ1) is 9.06. The van der Waals surface area contributed by atoms with Crippen LogP contribution in [0.5, 0.6) is 0 Å². The maximum Gasteiger partial charge on any atom is 0.141 e. The molecule has 0 radical (unpaired) electrons. The first-order valence-corrected chi connectivity index (χ1v) is 7.30. The number of hydrogen-bond acceptors (Lipinski definition) is 2. The lowest BCUT2D eigenvalue weighted by molar-refractivity contribution is 0.0818. The summed E-state index contributed by atoms with van der Waals surface area (Å²) in [4.78, 5) is 2.37. The van der Waals surface area contributed by atoms with Crippen molar-refractivity contribution in [2.24, 2.45) is 0 Å². The van der Waals surface area contributed by atoms with Crippen molar-refractivity contribution >= 4 is 11.6 Å². The van der Waals surface area contributed by atoms with Crippen LogP contribution >= 0.6 is 11.6 Å². The molecule has 1 aliphatic heterocycles. The standard InChI is InChI=1S/C15H21ClFNO/c1-11(19)8-13-4-2-3-7-18(13)10-12-5-6-15(17)14(16)9-12/h5-6,9,11,13,19H,2-4,7-8,10H2,1H3. The lowest BCUT2D eigenvalue weighted by Gasteiger charge is -2.36. The number of benzene rings is 1. The minimum Gasteiger partial charge on any atom is -0.393 e. The molecule has 4 heteroatoms. The summed E-state index contributed by atoms with van der Waals surface area (Å²) in [5.74, 6) is -0.371. The maximum atomic E-state index is 13.1. The zero-order valence-corrected chi connectivity index (χ0v) is 12.0. The Morgan fingerprint density at radius 1 is 1.47 bits per heavy atom. The van der Waals surface area contributed by atoms with Gasteiger partial charge in [-0.25, -0.2) is 4.39 Å². The predicted molar refractivity (Wildman–Crippen MR) is 75.8 cm³/mol. The van der Waals surface area contributed by atoms with E-state index >= 15 is 0 Å². The van der Waals surface area contributed by atoms with Gasteiger partial charge in [0.25, 0.3) is 0 Å². The number of aliphatic hydroxyl groups excluding tert-OH is 1. The highest BCUT2D eigenvalue weighted by molar-refractivity contribution is 6.30. The van der Waals surface area contributed by atoms with Gasteiger partial charge in [-0.3, -0.25) is 4.90 Å². The molecular formula is C15H21ClFNO. The third kappa shape index (κ3) is 4.16. The van der Waals surface area contributed by atoms with Crippen molar-refractivity contribution in [1.82, 2.24) is 4.90 Å². The number of nitrogens with zero attached hydrogens (tertiary/aromatic N) is 1. The number of likely N-dealkylation sites (tertiary alicyclic amines) is 1. The van der Waals surface area contributed by atoms with E-state index in [4.69, 9.17) is 11.6 Å². The summed E-state index contributed by atoms with van der Waals surface area (Å²) in [7, 11) is 0. The molecule has 0 bridgehead atoms. The molecule has 0 aromatic heterocycles. The Balaban J connectivity index is 2.04. The number of hydrogen-bond donors (Lipinski definition) is 1. The van der Waals surface area contributed by atoms with Crippen molar-refractivity contribution in [2.45, 2.75) is 51.3 Å². The van der Waals surface area contributed by atoms with Crippen molar-refractivity contribution < 1.29 is 9.50 Å². The number of rotatable bonds is 4. The summed E-state index contributed by atoms with van der Waals surface area (Å²) in [6, 6.07) is 5.32. The summed E-state index contributed by atoms with van der Waals surface area (Å²) in [6.45, 7) is 3.64. The molecule has 106 valence electrons. The molecule has 0 amide bonds. The fourth-order valence-corrected chi connectivity index (χ4v) is 3.00. The monoisotopic (exact) mass is 285 g/mol. The van der Waals surface area contributed by atoms with E-state index in [2.05, 4.69) is 4.90 Å². The minimum atomic E-state index is -0.371. The lowest BCUT2D eigenvalue weighted by Crippen LogP contribution is -2.40. The van der Waals surface area contributed by atoms with Gasteiger partial charge < -0.3 is 5.11 Å². The SMILES string of the molecule is CC(O)CC1CCCCN1Cc1ccc(F)c(Cl)c1. The van der Waals surface area contributed by atoms with Crippen LogP contribution < -0.4 is 0 Å². The van der Waals surface area contributed by atoms with E-state index in [9.17, 15) is 9.50 Å². The molecule has 1 N–H and O–H groups in total. The average molecular weight is 286 g/mol. The lowest BCUT2D eigenvalue weighted by atomic mass is 9.96. The Morgan fingerprint density at radius 2 is 2.26 bits per heavy atom. The van der Waals surface area contributed by atoms with Crippen molar-refractivity contribution in [3.8, 4) is 0 Å². The summed E-state index contributed by atoms with van der Waals surface area (Å²) < 4.78 is 13.1. The molecule has 0 aliphatic carbocycles. The molecular weight excluding hydrogens is 265 g/mol. The van der Waals surface area contributed by atoms with E-state index < -0.39 is 0 Å². The molecule has 1 heterocycles. The Labute approximate surface area is 119 Å². The summed E-state index contributed by atoms with van der Waals surface area (Å²) in [6.07, 6.45) is 4.06. The van der Waals surface area contributed by atoms with Gasteiger partial charge in [0.1, 0.15) is 5.82 Å². The molecule has 0 spiro atoms. The molecule has 0 saturated carbocycles. The molecule has 19 heavy (non-hydrogen) atoms. The first kappa shape index (κ1) is 14.8. The van der Waals surface area contributed by atoms with E-state index in [0.29, 0.717) is 6.04 Å². The number of piperidine rings is 1. The third-order valence-electron chi connectivity index (χ3n) is 3.73. The summed E-state index contributed by atoms with van der Waals surface area (Å²) in [5.41, 5.74) is 1.03. The minimum absolute atomic E-state index is 0.182. The molecule has 1 aromatic rings. The van der Waals surface area contributed by atoms with Gasteiger partial charge in [-0.05, 0) is 50.4 Å². The van der Waals surface area contributed by atoms with Crippen molar-refractivity contribution in [3.05, 3.63) is 34.6 Å². The normalized spacial score (nSPS) is 22.4. The maximum absolute atomic E-state index is 13.1. The van der Waals surface area contributed by atoms with Gasteiger partial charge >= 0.3 is 0 Å². The van der Waals surface area contributed by atoms with Gasteiger partial charge in [-0.1, -0.05) is 24.1 Å². The van der Waals surface area contributed by atoms with Crippen molar-refractivity contribution in [3.63, 3.8) is 0 Å². The van der Waals surface area contributed by atoms with Crippen LogP contribution in [0.3, 0.4) is 0 Å². The average Bonchev–Trinajstić information content (AvgIpc) is 2.36. The van der Waals surface area contributed by atoms with E-state index in [0.717, 1.165) is 31.5 Å². The highest BCUT2D eigenvalue weighted by atomic mass is 35.5. The van der Waals surface area contributed by atoms with Crippen LogP contribution in [0.15, 0.2) is 18.2 Å². The smallest absolute Gasteiger partial charge is 0.141 e. The van der Waals surface area contributed by atoms with Crippen molar-refractivity contribution in [2.75, 3.05) is 6.54 Å². The van der Waals surface area contributed by atoms with Gasteiger partial charge in [0, 0.05) is 12.6 Å². The Kier molecular flexibility index (Phi) is 5.20. The molecule has 1 aromatic carbocycles. The van der Waals surface area contributed by atoms with Crippen LogP contribution in [0, 0.1) is 5.82 Å². The second kappa shape index (κ2) is 6.69. The van der Waals surface area contributed by atoms with Crippen LogP contribution in [0.4, 0.5) is 4.39 Å². The Hall–Kier alpha value is -0.640. The topological polar surface area (TPSA) is 23.5 Å². The fraction of sp³-hybridized carbons (Fsp3) is 0.600. The van der Waals surface area contributed by atoms with Gasteiger partial charge in [0.2, 0.25) is 0 Å². The molecule has 1 aliphatic rings. The third-order valence-corrected chi connectivity index (χ3v) is 4.02. The second-order valence-corrected chi connectivity index (χ2v) is 5.86. The highest BCUT2D eigenvalue weighted by Crippen LogP contribution is 2.24. The zero-order valence-electron chi connectivity index (χ0n) is 11.3. The molecule has 2 atom stereocenters. The fourth-order valence-electron chi connectivity index (χ4n) is 2.80. The quantitative estimate of drug-likeness (QED) is 0.914. The van der Waals surface area contributed by atoms with Crippen LogP contribution in [-0.4, -0.2) is 28.7 Å². The van der Waals surface area contributed by atoms with E-state index in [1.54, 1.807) is 12.1 Å². The van der Waals surface area contributed by atoms with Gasteiger partial charge in [-0.2, -0.15) is 0 Å². The first-order valence-electron chi connectivity index (χ1n) is 6.92. The molecule has 2 rings (SSSR count). The van der Waals surface area contributed by atoms with Crippen LogP contribution in [-0.2, 0) is 6.54 Å². The molecule has 1 saturated heterocycles. The summed E-state index contributed by atoms with van der Waals surface area (Å²) in [5, 5.41) is 9.75. The van der Waals surface area contributed by atoms with Gasteiger partial charge in [-0.15, -0.1) is 0 Å². The highest BCUT2D eigenvalue weighted by Gasteiger charge is 2.23. The second-order valence-electron chi connectivity index (χ2n) is 5.45. The van der Waals surface area contributed by atoms with Crippen LogP contribution in [0.1, 0.15) is 38.2 Å². The number of aliphatic hydroxyl groups is 1. The van der Waals surface area contributed by atoms with Gasteiger partial charge in [0.05, 0.1) is 11.1 Å². The van der Waals surface area contributed by atoms with E-state index in [1.165, 1.54) is 18.9 Å². The Morgan fingerprint density at radius 3 is 2.95 bits per heavy atom. The van der Waals surface area contributed by atoms with Gasteiger partial charge in [0.15, 0.2) is 0 Å². The van der Waals surface area contributed by atoms with E-state index in [-0.39, 0.29) is 16.9 Å². The predicted octanol–water partition coefficient (Wildman–Crippen LogP) is 3.60. The Bertz CT molecular complexity index is 425. The van der Waals surface area contributed by atoms with Crippen molar-refractivity contribution in [1.29, 1.82) is 0 Å². The van der Waals surface area contributed by atoms with Crippen LogP contribution in [0.25, 0.3) is 0 Å². The molecule has 2 unspecified atom stereocenters. The molecule has 1 fully saturated rings. The zero-order chi connectivity index (χ0) is 13.8.